The van der Waals surface area contributed by atoms with Gasteiger partial charge in [0, 0.05) is 11.4 Å². The number of carbonyl (C=O) groups is 2. The Morgan fingerprint density at radius 1 is 1.43 bits per heavy atom. The fourth-order valence-corrected chi connectivity index (χ4v) is 2.43. The van der Waals surface area contributed by atoms with Crippen molar-refractivity contribution in [2.45, 2.75) is 26.8 Å². The lowest BCUT2D eigenvalue weighted by Crippen LogP contribution is -2.33. The van der Waals surface area contributed by atoms with E-state index in [1.165, 1.54) is 11.4 Å². The summed E-state index contributed by atoms with van der Waals surface area (Å²) in [7, 11) is 0. The average Bonchev–Trinajstić information content (AvgIpc) is 2.97. The Balaban J connectivity index is 2.11. The van der Waals surface area contributed by atoms with E-state index >= 15 is 0 Å². The minimum Gasteiger partial charge on any atom is -0.461 e. The first-order valence-electron chi connectivity index (χ1n) is 6.92. The predicted molar refractivity (Wildman–Crippen MR) is 84.6 cm³/mol. The van der Waals surface area contributed by atoms with Crippen LogP contribution in [0.1, 0.15) is 36.1 Å². The van der Waals surface area contributed by atoms with Crippen molar-refractivity contribution in [1.82, 2.24) is 14.8 Å². The molecule has 9 heteroatoms. The Kier molecular flexibility index (Phi) is 5.22. The average molecular weight is 336 g/mol. The van der Waals surface area contributed by atoms with Gasteiger partial charge in [0.25, 0.3) is 11.5 Å². The SMILES string of the molecule is CCOC(=O)c1csc(NC(=O)C(C)n2nc(C)ccc2=O)n1. The number of anilines is 1. The summed E-state index contributed by atoms with van der Waals surface area (Å²) in [5.74, 6) is -0.996. The first-order valence-corrected chi connectivity index (χ1v) is 7.80. The summed E-state index contributed by atoms with van der Waals surface area (Å²) in [4.78, 5) is 39.5. The molecule has 1 unspecified atom stereocenters. The van der Waals surface area contributed by atoms with E-state index in [9.17, 15) is 14.4 Å². The molecule has 2 aromatic rings. The van der Waals surface area contributed by atoms with E-state index in [0.29, 0.717) is 5.69 Å². The summed E-state index contributed by atoms with van der Waals surface area (Å²) in [6, 6.07) is 2.13. The summed E-state index contributed by atoms with van der Waals surface area (Å²) in [5, 5.41) is 8.36. The molecular weight excluding hydrogens is 320 g/mol. The maximum absolute atomic E-state index is 12.2. The van der Waals surface area contributed by atoms with Gasteiger partial charge in [0.05, 0.1) is 12.3 Å². The van der Waals surface area contributed by atoms with Gasteiger partial charge in [0.1, 0.15) is 6.04 Å². The Labute approximate surface area is 136 Å². The fraction of sp³-hybridized carbons (Fsp3) is 0.357. The number of thiazole rings is 1. The molecule has 0 aliphatic heterocycles. The van der Waals surface area contributed by atoms with E-state index in [1.807, 2.05) is 0 Å². The van der Waals surface area contributed by atoms with Crippen LogP contribution in [-0.4, -0.2) is 33.2 Å². The van der Waals surface area contributed by atoms with E-state index in [-0.39, 0.29) is 23.0 Å². The largest absolute Gasteiger partial charge is 0.461 e. The molecule has 0 aromatic carbocycles. The monoisotopic (exact) mass is 336 g/mol. The molecule has 1 atom stereocenters. The van der Waals surface area contributed by atoms with E-state index in [2.05, 4.69) is 15.4 Å². The van der Waals surface area contributed by atoms with E-state index in [4.69, 9.17) is 4.74 Å². The number of hydrogen-bond acceptors (Lipinski definition) is 7. The lowest BCUT2D eigenvalue weighted by atomic mass is 10.3. The third-order valence-corrected chi connectivity index (χ3v) is 3.68. The van der Waals surface area contributed by atoms with Gasteiger partial charge in [-0.15, -0.1) is 11.3 Å². The van der Waals surface area contributed by atoms with Crippen LogP contribution in [0, 0.1) is 6.92 Å². The molecule has 0 bridgehead atoms. The van der Waals surface area contributed by atoms with Gasteiger partial charge in [0.2, 0.25) is 0 Å². The Bertz CT molecular complexity index is 783. The summed E-state index contributed by atoms with van der Waals surface area (Å²) < 4.78 is 5.93. The number of esters is 1. The first-order chi connectivity index (χ1) is 10.9. The lowest BCUT2D eigenvalue weighted by Gasteiger charge is -2.12. The molecule has 1 N–H and O–H groups in total. The summed E-state index contributed by atoms with van der Waals surface area (Å²) >= 11 is 1.10. The van der Waals surface area contributed by atoms with E-state index in [1.54, 1.807) is 26.8 Å². The fourth-order valence-electron chi connectivity index (χ4n) is 1.75. The van der Waals surface area contributed by atoms with Crippen molar-refractivity contribution in [3.63, 3.8) is 0 Å². The maximum Gasteiger partial charge on any atom is 0.357 e. The molecule has 122 valence electrons. The second kappa shape index (κ2) is 7.14. The smallest absolute Gasteiger partial charge is 0.357 e. The molecule has 0 aliphatic carbocycles. The van der Waals surface area contributed by atoms with Crippen molar-refractivity contribution in [3.05, 3.63) is 39.3 Å². The molecule has 0 saturated carbocycles. The molecule has 0 fully saturated rings. The van der Waals surface area contributed by atoms with Crippen LogP contribution < -0.4 is 10.9 Å². The molecule has 1 amide bonds. The van der Waals surface area contributed by atoms with Crippen molar-refractivity contribution >= 4 is 28.3 Å². The Hall–Kier alpha value is -2.55. The van der Waals surface area contributed by atoms with Crippen LogP contribution in [0.5, 0.6) is 0 Å². The third-order valence-electron chi connectivity index (χ3n) is 2.92. The van der Waals surface area contributed by atoms with Gasteiger partial charge in [-0.1, -0.05) is 0 Å². The number of hydrogen-bond donors (Lipinski definition) is 1. The standard InChI is InChI=1S/C14H16N4O4S/c1-4-22-13(21)10-7-23-14(15-10)16-12(20)9(3)18-11(19)6-5-8(2)17-18/h5-7,9H,4H2,1-3H3,(H,15,16,20). The molecule has 23 heavy (non-hydrogen) atoms. The Morgan fingerprint density at radius 2 is 2.17 bits per heavy atom. The van der Waals surface area contributed by atoms with Gasteiger partial charge in [-0.3, -0.25) is 9.59 Å². The highest BCUT2D eigenvalue weighted by molar-refractivity contribution is 7.14. The number of aromatic nitrogens is 3. The summed E-state index contributed by atoms with van der Waals surface area (Å²) in [6.07, 6.45) is 0. The number of rotatable bonds is 5. The highest BCUT2D eigenvalue weighted by Gasteiger charge is 2.20. The molecule has 0 saturated heterocycles. The number of amides is 1. The zero-order valence-corrected chi connectivity index (χ0v) is 13.7. The lowest BCUT2D eigenvalue weighted by molar-refractivity contribution is -0.119. The molecule has 2 aromatic heterocycles. The molecule has 2 heterocycles. The predicted octanol–water partition coefficient (Wildman–Crippen LogP) is 1.38. The third kappa shape index (κ3) is 4.01. The zero-order valence-electron chi connectivity index (χ0n) is 12.9. The first kappa shape index (κ1) is 16.8. The second-order valence-electron chi connectivity index (χ2n) is 4.68. The molecule has 0 spiro atoms. The quantitative estimate of drug-likeness (QED) is 0.828. The molecule has 2 rings (SSSR count). The van der Waals surface area contributed by atoms with Gasteiger partial charge in [-0.2, -0.15) is 5.10 Å². The number of nitrogens with zero attached hydrogens (tertiary/aromatic N) is 3. The second-order valence-corrected chi connectivity index (χ2v) is 5.54. The van der Waals surface area contributed by atoms with E-state index in [0.717, 1.165) is 16.0 Å². The van der Waals surface area contributed by atoms with Gasteiger partial charge >= 0.3 is 5.97 Å². The Morgan fingerprint density at radius 3 is 2.87 bits per heavy atom. The van der Waals surface area contributed by atoms with Crippen molar-refractivity contribution in [2.24, 2.45) is 0 Å². The molecule has 0 radical (unpaired) electrons. The van der Waals surface area contributed by atoms with Gasteiger partial charge < -0.3 is 10.1 Å². The van der Waals surface area contributed by atoms with Crippen LogP contribution in [0.15, 0.2) is 22.3 Å². The number of aryl methyl sites for hydroxylation is 1. The number of nitrogens with one attached hydrogen (secondary N) is 1. The van der Waals surface area contributed by atoms with Gasteiger partial charge in [0.15, 0.2) is 10.8 Å². The van der Waals surface area contributed by atoms with Crippen LogP contribution in [0.25, 0.3) is 0 Å². The normalized spacial score (nSPS) is 11.8. The molecule has 8 nitrogen and oxygen atoms in total. The molecule has 0 aliphatic rings. The highest BCUT2D eigenvalue weighted by atomic mass is 32.1. The van der Waals surface area contributed by atoms with Crippen molar-refractivity contribution < 1.29 is 14.3 Å². The maximum atomic E-state index is 12.2. The minimum atomic E-state index is -0.808. The zero-order chi connectivity index (χ0) is 17.0. The highest BCUT2D eigenvalue weighted by Crippen LogP contribution is 2.17. The van der Waals surface area contributed by atoms with Crippen LogP contribution in [-0.2, 0) is 9.53 Å². The van der Waals surface area contributed by atoms with Crippen LogP contribution in [0.3, 0.4) is 0 Å². The minimum absolute atomic E-state index is 0.130. The van der Waals surface area contributed by atoms with E-state index < -0.39 is 17.9 Å². The topological polar surface area (TPSA) is 103 Å². The van der Waals surface area contributed by atoms with Crippen LogP contribution >= 0.6 is 11.3 Å². The van der Waals surface area contributed by atoms with Crippen molar-refractivity contribution in [2.75, 3.05) is 11.9 Å². The number of ether oxygens (including phenoxy) is 1. The van der Waals surface area contributed by atoms with Crippen LogP contribution in [0.2, 0.25) is 0 Å². The van der Waals surface area contributed by atoms with Gasteiger partial charge in [-0.05, 0) is 26.8 Å². The van der Waals surface area contributed by atoms with Gasteiger partial charge in [-0.25, -0.2) is 14.5 Å². The van der Waals surface area contributed by atoms with Crippen molar-refractivity contribution in [1.29, 1.82) is 0 Å². The summed E-state index contributed by atoms with van der Waals surface area (Å²) in [5.41, 5.74) is 0.387. The molecular formula is C14H16N4O4S. The number of carbonyl (C=O) groups excluding carboxylic acids is 2. The van der Waals surface area contributed by atoms with Crippen LogP contribution in [0.4, 0.5) is 5.13 Å². The van der Waals surface area contributed by atoms with Crippen molar-refractivity contribution in [3.8, 4) is 0 Å². The summed E-state index contributed by atoms with van der Waals surface area (Å²) in [6.45, 7) is 5.23.